The molecule has 0 atom stereocenters. The predicted octanol–water partition coefficient (Wildman–Crippen LogP) is 5.70. The van der Waals surface area contributed by atoms with Crippen molar-refractivity contribution in [2.75, 3.05) is 37.2 Å². The van der Waals surface area contributed by atoms with E-state index in [0.717, 1.165) is 20.9 Å². The first-order valence-corrected chi connectivity index (χ1v) is 12.9. The van der Waals surface area contributed by atoms with Gasteiger partial charge in [0.2, 0.25) is 5.91 Å². The average Bonchev–Trinajstić information content (AvgIpc) is 3.29. The number of hydrogen-bond acceptors (Lipinski definition) is 8. The fourth-order valence-corrected chi connectivity index (χ4v) is 5.03. The number of fused-ring (bicyclic) bond motifs is 1. The van der Waals surface area contributed by atoms with E-state index >= 15 is 0 Å². The first-order chi connectivity index (χ1) is 17.5. The summed E-state index contributed by atoms with van der Waals surface area (Å²) in [6.45, 7) is 2.53. The lowest BCUT2D eigenvalue weighted by Crippen LogP contribution is -2.14. The molecule has 0 radical (unpaired) electrons. The van der Waals surface area contributed by atoms with Crippen LogP contribution in [0.1, 0.15) is 17.3 Å². The Kier molecular flexibility index (Phi) is 8.29. The van der Waals surface area contributed by atoms with Crippen molar-refractivity contribution in [2.45, 2.75) is 11.8 Å². The zero-order valence-electron chi connectivity index (χ0n) is 20.0. The number of rotatable bonds is 10. The van der Waals surface area contributed by atoms with E-state index in [1.54, 1.807) is 30.3 Å². The maximum atomic E-state index is 12.8. The van der Waals surface area contributed by atoms with Crippen molar-refractivity contribution in [3.63, 3.8) is 0 Å². The summed E-state index contributed by atoms with van der Waals surface area (Å²) in [5, 5.41) is 6.26. The number of carbonyl (C=O) groups excluding carboxylic acids is 2. The molecule has 0 aliphatic carbocycles. The number of nitrogens with zero attached hydrogens (tertiary/aromatic N) is 1. The van der Waals surface area contributed by atoms with Crippen LogP contribution in [0.5, 0.6) is 17.2 Å². The minimum atomic E-state index is -0.340. The average molecular weight is 524 g/mol. The largest absolute Gasteiger partial charge is 0.496 e. The SMILES string of the molecule is CCOc1ccc2nc(NC(=O)CSc3ccc(NC(=O)c4c(OC)cccc4OC)cc3)sc2c1. The molecule has 0 bridgehead atoms. The van der Waals surface area contributed by atoms with Crippen LogP contribution in [0, 0.1) is 0 Å². The molecule has 2 amide bonds. The van der Waals surface area contributed by atoms with Crippen molar-refractivity contribution in [3.05, 3.63) is 66.2 Å². The van der Waals surface area contributed by atoms with Gasteiger partial charge in [-0.2, -0.15) is 0 Å². The van der Waals surface area contributed by atoms with E-state index in [4.69, 9.17) is 14.2 Å². The number of methoxy groups -OCH3 is 2. The maximum absolute atomic E-state index is 12.8. The lowest BCUT2D eigenvalue weighted by atomic mass is 10.1. The van der Waals surface area contributed by atoms with Crippen molar-refractivity contribution in [1.82, 2.24) is 4.98 Å². The molecule has 0 saturated carbocycles. The Hall–Kier alpha value is -3.76. The topological polar surface area (TPSA) is 98.8 Å². The first kappa shape index (κ1) is 25.3. The van der Waals surface area contributed by atoms with Gasteiger partial charge in [-0.25, -0.2) is 4.98 Å². The highest BCUT2D eigenvalue weighted by Gasteiger charge is 2.18. The summed E-state index contributed by atoms with van der Waals surface area (Å²) in [6.07, 6.45) is 0. The first-order valence-electron chi connectivity index (χ1n) is 11.1. The van der Waals surface area contributed by atoms with Crippen molar-refractivity contribution in [3.8, 4) is 17.2 Å². The van der Waals surface area contributed by atoms with Crippen LogP contribution in [-0.2, 0) is 4.79 Å². The second-order valence-electron chi connectivity index (χ2n) is 7.43. The van der Waals surface area contributed by atoms with E-state index in [2.05, 4.69) is 15.6 Å². The van der Waals surface area contributed by atoms with Crippen molar-refractivity contribution in [2.24, 2.45) is 0 Å². The Morgan fingerprint density at radius 1 is 0.972 bits per heavy atom. The van der Waals surface area contributed by atoms with Gasteiger partial charge in [0, 0.05) is 10.6 Å². The standard InChI is InChI=1S/C26H25N3O5S2/c1-4-34-17-10-13-19-22(14-17)36-26(28-19)29-23(30)15-35-18-11-8-16(9-12-18)27-25(31)24-20(32-2)6-5-7-21(24)33-3/h5-14H,4,15H2,1-3H3,(H,27,31)(H,28,29,30). The lowest BCUT2D eigenvalue weighted by molar-refractivity contribution is -0.113. The van der Waals surface area contributed by atoms with Gasteiger partial charge in [-0.15, -0.1) is 11.8 Å². The molecule has 3 aromatic carbocycles. The molecule has 8 nitrogen and oxygen atoms in total. The van der Waals surface area contributed by atoms with Crippen LogP contribution >= 0.6 is 23.1 Å². The van der Waals surface area contributed by atoms with Crippen LogP contribution in [-0.4, -0.2) is 43.4 Å². The molecule has 10 heteroatoms. The highest BCUT2D eigenvalue weighted by Crippen LogP contribution is 2.31. The third kappa shape index (κ3) is 6.07. The number of benzene rings is 3. The minimum absolute atomic E-state index is 0.148. The molecule has 0 saturated heterocycles. The number of ether oxygens (including phenoxy) is 3. The van der Waals surface area contributed by atoms with Gasteiger partial charge in [0.05, 0.1) is 36.8 Å². The fourth-order valence-electron chi connectivity index (χ4n) is 3.42. The Bertz CT molecular complexity index is 1350. The van der Waals surface area contributed by atoms with E-state index in [-0.39, 0.29) is 17.6 Å². The molecule has 1 aromatic heterocycles. The van der Waals surface area contributed by atoms with Gasteiger partial charge >= 0.3 is 0 Å². The molecule has 0 aliphatic heterocycles. The van der Waals surface area contributed by atoms with Crippen molar-refractivity contribution >= 4 is 55.9 Å². The summed E-state index contributed by atoms with van der Waals surface area (Å²) in [5.41, 5.74) is 1.75. The maximum Gasteiger partial charge on any atom is 0.263 e. The van der Waals surface area contributed by atoms with E-state index in [9.17, 15) is 9.59 Å². The predicted molar refractivity (Wildman–Crippen MR) is 144 cm³/mol. The number of carbonyl (C=O) groups is 2. The molecule has 0 spiro atoms. The summed E-state index contributed by atoms with van der Waals surface area (Å²) in [6, 6.07) is 18.1. The lowest BCUT2D eigenvalue weighted by Gasteiger charge is -2.13. The van der Waals surface area contributed by atoms with Gasteiger partial charge in [-0.05, 0) is 61.5 Å². The molecular formula is C26H25N3O5S2. The molecule has 4 aromatic rings. The fraction of sp³-hybridized carbons (Fsp3) is 0.192. The normalized spacial score (nSPS) is 10.6. The zero-order valence-corrected chi connectivity index (χ0v) is 21.6. The van der Waals surface area contributed by atoms with Crippen LogP contribution < -0.4 is 24.8 Å². The summed E-state index contributed by atoms with van der Waals surface area (Å²) < 4.78 is 17.1. The van der Waals surface area contributed by atoms with E-state index in [1.807, 2.05) is 37.3 Å². The second-order valence-corrected chi connectivity index (χ2v) is 9.51. The monoisotopic (exact) mass is 523 g/mol. The van der Waals surface area contributed by atoms with Gasteiger partial charge in [0.1, 0.15) is 22.8 Å². The van der Waals surface area contributed by atoms with Gasteiger partial charge in [0.25, 0.3) is 5.91 Å². The number of thioether (sulfide) groups is 1. The smallest absolute Gasteiger partial charge is 0.263 e. The molecule has 0 unspecified atom stereocenters. The highest BCUT2D eigenvalue weighted by molar-refractivity contribution is 8.00. The van der Waals surface area contributed by atoms with Gasteiger partial charge in [-0.3, -0.25) is 9.59 Å². The minimum Gasteiger partial charge on any atom is -0.496 e. The third-order valence-corrected chi connectivity index (χ3v) is 7.00. The molecule has 4 rings (SSSR count). The summed E-state index contributed by atoms with van der Waals surface area (Å²) in [4.78, 5) is 30.6. The third-order valence-electron chi connectivity index (χ3n) is 5.05. The highest BCUT2D eigenvalue weighted by atomic mass is 32.2. The molecular weight excluding hydrogens is 498 g/mol. The van der Waals surface area contributed by atoms with Crippen LogP contribution in [0.2, 0.25) is 0 Å². The molecule has 2 N–H and O–H groups in total. The Morgan fingerprint density at radius 2 is 1.69 bits per heavy atom. The van der Waals surface area contributed by atoms with Crippen molar-refractivity contribution < 1.29 is 23.8 Å². The number of nitrogens with one attached hydrogen (secondary N) is 2. The number of anilines is 2. The van der Waals surface area contributed by atoms with E-state index in [1.165, 1.54) is 37.3 Å². The van der Waals surface area contributed by atoms with Gasteiger partial charge < -0.3 is 24.8 Å². The Labute approximate surface area is 217 Å². The molecule has 0 fully saturated rings. The van der Waals surface area contributed by atoms with Crippen molar-refractivity contribution in [1.29, 1.82) is 0 Å². The van der Waals surface area contributed by atoms with Crippen LogP contribution in [0.25, 0.3) is 10.2 Å². The van der Waals surface area contributed by atoms with Crippen LogP contribution in [0.3, 0.4) is 0 Å². The number of amides is 2. The molecule has 1 heterocycles. The second kappa shape index (κ2) is 11.8. The number of aromatic nitrogens is 1. The number of hydrogen-bond donors (Lipinski definition) is 2. The summed E-state index contributed by atoms with van der Waals surface area (Å²) in [7, 11) is 3.01. The molecule has 36 heavy (non-hydrogen) atoms. The number of thiazole rings is 1. The summed E-state index contributed by atoms with van der Waals surface area (Å²) in [5.74, 6) is 1.37. The Morgan fingerprint density at radius 3 is 2.36 bits per heavy atom. The van der Waals surface area contributed by atoms with Gasteiger partial charge in [-0.1, -0.05) is 17.4 Å². The molecule has 186 valence electrons. The molecule has 0 aliphatic rings. The Balaban J connectivity index is 1.32. The van der Waals surface area contributed by atoms with Gasteiger partial charge in [0.15, 0.2) is 5.13 Å². The quantitative estimate of drug-likeness (QED) is 0.258. The van der Waals surface area contributed by atoms with E-state index in [0.29, 0.717) is 34.5 Å². The summed E-state index contributed by atoms with van der Waals surface area (Å²) >= 11 is 2.80. The van der Waals surface area contributed by atoms with Crippen LogP contribution in [0.15, 0.2) is 65.6 Å². The van der Waals surface area contributed by atoms with Crippen LogP contribution in [0.4, 0.5) is 10.8 Å². The van der Waals surface area contributed by atoms with E-state index < -0.39 is 0 Å². The zero-order chi connectivity index (χ0) is 25.5.